The van der Waals surface area contributed by atoms with E-state index >= 15 is 0 Å². The number of halogens is 1. The molecule has 1 aliphatic heterocycles. The molecule has 1 aliphatic rings. The highest BCUT2D eigenvalue weighted by Crippen LogP contribution is 2.37. The Morgan fingerprint density at radius 2 is 2.54 bits per heavy atom. The van der Waals surface area contributed by atoms with E-state index in [2.05, 4.69) is 25.8 Å². The highest BCUT2D eigenvalue weighted by atomic mass is 79.9. The molecule has 2 heterocycles. The molecule has 1 atom stereocenters. The molecule has 3 nitrogen and oxygen atoms in total. The monoisotopic (exact) mass is 262 g/mol. The van der Waals surface area contributed by atoms with Crippen molar-refractivity contribution in [2.75, 3.05) is 20.1 Å². The van der Waals surface area contributed by atoms with Crippen molar-refractivity contribution in [2.24, 2.45) is 0 Å². The second kappa shape index (κ2) is 3.31. The Morgan fingerprint density at radius 3 is 3.00 bits per heavy atom. The summed E-state index contributed by atoms with van der Waals surface area (Å²) in [7, 11) is 2.02. The summed E-state index contributed by atoms with van der Waals surface area (Å²) in [5.74, 6) is 0. The molecule has 0 radical (unpaired) electrons. The van der Waals surface area contributed by atoms with Crippen molar-refractivity contribution < 1.29 is 5.11 Å². The molecule has 0 saturated carbocycles. The van der Waals surface area contributed by atoms with Gasteiger partial charge in [0.15, 0.2) is 0 Å². The van der Waals surface area contributed by atoms with Crippen LogP contribution >= 0.6 is 27.3 Å². The van der Waals surface area contributed by atoms with Gasteiger partial charge in [0.2, 0.25) is 0 Å². The minimum absolute atomic E-state index is 0.686. The van der Waals surface area contributed by atoms with Gasteiger partial charge in [0.05, 0.1) is 10.4 Å². The van der Waals surface area contributed by atoms with Crippen LogP contribution in [-0.4, -0.2) is 35.1 Å². The smallest absolute Gasteiger partial charge is 0.123 e. The first-order chi connectivity index (χ1) is 6.12. The normalized spacial score (nSPS) is 29.8. The molecule has 72 valence electrons. The molecule has 0 aliphatic carbocycles. The molecule has 5 heteroatoms. The van der Waals surface area contributed by atoms with E-state index in [1.165, 1.54) is 11.3 Å². The third-order valence-corrected chi connectivity index (χ3v) is 4.27. The highest BCUT2D eigenvalue weighted by molar-refractivity contribution is 9.10. The van der Waals surface area contributed by atoms with Crippen LogP contribution in [0.15, 0.2) is 10.1 Å². The van der Waals surface area contributed by atoms with Crippen LogP contribution < -0.4 is 0 Å². The predicted molar refractivity (Wildman–Crippen MR) is 55.8 cm³/mol. The van der Waals surface area contributed by atoms with E-state index in [0.29, 0.717) is 6.54 Å². The van der Waals surface area contributed by atoms with Gasteiger partial charge in [-0.05, 0) is 29.4 Å². The summed E-state index contributed by atoms with van der Waals surface area (Å²) in [5, 5.41) is 10.3. The summed E-state index contributed by atoms with van der Waals surface area (Å²) in [6.07, 6.45) is 0.796. The van der Waals surface area contributed by atoms with Crippen molar-refractivity contribution in [1.29, 1.82) is 0 Å². The summed E-state index contributed by atoms with van der Waals surface area (Å²) < 4.78 is 0.787. The Hall–Kier alpha value is 0.0300. The molecule has 0 aromatic carbocycles. The second-order valence-electron chi connectivity index (χ2n) is 3.49. The topological polar surface area (TPSA) is 36.4 Å². The average Bonchev–Trinajstić information content (AvgIpc) is 2.59. The maximum absolute atomic E-state index is 10.3. The Labute approximate surface area is 89.5 Å². The third-order valence-electron chi connectivity index (χ3n) is 2.39. The Kier molecular flexibility index (Phi) is 2.44. The van der Waals surface area contributed by atoms with Crippen molar-refractivity contribution in [2.45, 2.75) is 12.0 Å². The lowest BCUT2D eigenvalue weighted by molar-refractivity contribution is 0.0517. The minimum Gasteiger partial charge on any atom is -0.383 e. The van der Waals surface area contributed by atoms with Crippen LogP contribution in [-0.2, 0) is 5.60 Å². The Morgan fingerprint density at radius 1 is 1.77 bits per heavy atom. The zero-order valence-corrected chi connectivity index (χ0v) is 9.73. The maximum atomic E-state index is 10.3. The molecule has 0 bridgehead atoms. The minimum atomic E-state index is -0.686. The molecule has 1 fully saturated rings. The van der Waals surface area contributed by atoms with Gasteiger partial charge in [-0.1, -0.05) is 0 Å². The molecule has 1 N–H and O–H groups in total. The van der Waals surface area contributed by atoms with Crippen LogP contribution in [0.5, 0.6) is 0 Å². The van der Waals surface area contributed by atoms with Crippen molar-refractivity contribution in [3.63, 3.8) is 0 Å². The van der Waals surface area contributed by atoms with Crippen LogP contribution in [0.2, 0.25) is 0 Å². The van der Waals surface area contributed by atoms with Crippen LogP contribution in [0.4, 0.5) is 0 Å². The van der Waals surface area contributed by atoms with E-state index in [4.69, 9.17) is 0 Å². The molecule has 1 saturated heterocycles. The lowest BCUT2D eigenvalue weighted by Crippen LogP contribution is -2.28. The van der Waals surface area contributed by atoms with Gasteiger partial charge in [0, 0.05) is 13.1 Å². The Bertz CT molecular complexity index is 317. The summed E-state index contributed by atoms with van der Waals surface area (Å²) >= 11 is 4.87. The molecule has 1 unspecified atom stereocenters. The standard InChI is InChI=1S/C8H11BrN2OS/c1-11-3-2-8(12,4-11)6-7(9)10-5-13-6/h5,12H,2-4H2,1H3. The molecule has 2 rings (SSSR count). The fourth-order valence-electron chi connectivity index (χ4n) is 1.70. The predicted octanol–water partition coefficient (Wildman–Crippen LogP) is 1.43. The molecule has 1 aromatic rings. The van der Waals surface area contributed by atoms with E-state index in [1.54, 1.807) is 5.51 Å². The molecule has 1 aromatic heterocycles. The first kappa shape index (κ1) is 9.58. The van der Waals surface area contributed by atoms with Crippen LogP contribution in [0.1, 0.15) is 11.3 Å². The van der Waals surface area contributed by atoms with E-state index in [9.17, 15) is 5.11 Å². The molecule has 0 amide bonds. The summed E-state index contributed by atoms with van der Waals surface area (Å²) in [6.45, 7) is 1.65. The SMILES string of the molecule is CN1CCC(O)(c2scnc2Br)C1. The number of thiazole rings is 1. The fourth-order valence-corrected chi connectivity index (χ4v) is 3.39. The quantitative estimate of drug-likeness (QED) is 0.832. The number of aromatic nitrogens is 1. The zero-order valence-electron chi connectivity index (χ0n) is 7.33. The van der Waals surface area contributed by atoms with Crippen LogP contribution in [0, 0.1) is 0 Å². The summed E-state index contributed by atoms with van der Waals surface area (Å²) in [6, 6.07) is 0. The Balaban J connectivity index is 2.30. The van der Waals surface area contributed by atoms with E-state index in [-0.39, 0.29) is 0 Å². The van der Waals surface area contributed by atoms with Gasteiger partial charge in [-0.2, -0.15) is 0 Å². The second-order valence-corrected chi connectivity index (χ2v) is 5.10. The number of hydrogen-bond acceptors (Lipinski definition) is 4. The maximum Gasteiger partial charge on any atom is 0.123 e. The number of hydrogen-bond donors (Lipinski definition) is 1. The number of likely N-dealkylation sites (tertiary alicyclic amines) is 1. The summed E-state index contributed by atoms with van der Waals surface area (Å²) in [4.78, 5) is 7.17. The van der Waals surface area contributed by atoms with Gasteiger partial charge in [-0.25, -0.2) is 4.98 Å². The highest BCUT2D eigenvalue weighted by Gasteiger charge is 2.38. The first-order valence-electron chi connectivity index (χ1n) is 4.12. The van der Waals surface area contributed by atoms with Crippen LogP contribution in [0.3, 0.4) is 0 Å². The number of aliphatic hydroxyl groups is 1. The molecule has 13 heavy (non-hydrogen) atoms. The van der Waals surface area contributed by atoms with Crippen molar-refractivity contribution >= 4 is 27.3 Å². The van der Waals surface area contributed by atoms with Crippen molar-refractivity contribution in [3.8, 4) is 0 Å². The van der Waals surface area contributed by atoms with Crippen molar-refractivity contribution in [3.05, 3.63) is 15.0 Å². The van der Waals surface area contributed by atoms with Crippen molar-refractivity contribution in [1.82, 2.24) is 9.88 Å². The number of nitrogens with zero attached hydrogens (tertiary/aromatic N) is 2. The average molecular weight is 263 g/mol. The van der Waals surface area contributed by atoms with Gasteiger partial charge in [0.25, 0.3) is 0 Å². The van der Waals surface area contributed by atoms with Gasteiger partial charge in [0.1, 0.15) is 10.2 Å². The van der Waals surface area contributed by atoms with Gasteiger partial charge >= 0.3 is 0 Å². The van der Waals surface area contributed by atoms with E-state index in [0.717, 1.165) is 22.4 Å². The lowest BCUT2D eigenvalue weighted by Gasteiger charge is -2.20. The fraction of sp³-hybridized carbons (Fsp3) is 0.625. The van der Waals surface area contributed by atoms with Gasteiger partial charge in [-0.3, -0.25) is 0 Å². The lowest BCUT2D eigenvalue weighted by atomic mass is 10.0. The van der Waals surface area contributed by atoms with Gasteiger partial charge in [-0.15, -0.1) is 11.3 Å². The molecule has 0 spiro atoms. The van der Waals surface area contributed by atoms with Gasteiger partial charge < -0.3 is 10.0 Å². The molecular formula is C8H11BrN2OS. The summed E-state index contributed by atoms with van der Waals surface area (Å²) in [5.41, 5.74) is 1.07. The first-order valence-corrected chi connectivity index (χ1v) is 5.79. The van der Waals surface area contributed by atoms with E-state index < -0.39 is 5.60 Å². The zero-order chi connectivity index (χ0) is 9.47. The number of β-amino-alcohol motifs (C(OH)–C–C–N with tert-alkyl or cyclic N) is 1. The van der Waals surface area contributed by atoms with E-state index in [1.807, 2.05) is 7.05 Å². The third kappa shape index (κ3) is 1.66. The number of likely N-dealkylation sites (N-methyl/N-ethyl adjacent to an activating group) is 1. The van der Waals surface area contributed by atoms with Crippen LogP contribution in [0.25, 0.3) is 0 Å². The number of rotatable bonds is 1. The largest absolute Gasteiger partial charge is 0.383 e. The molecular weight excluding hydrogens is 252 g/mol.